The second-order valence-electron chi connectivity index (χ2n) is 8.92. The van der Waals surface area contributed by atoms with Crippen molar-refractivity contribution in [1.82, 2.24) is 10.3 Å². The van der Waals surface area contributed by atoms with Crippen LogP contribution in [0.5, 0.6) is 11.5 Å². The van der Waals surface area contributed by atoms with Gasteiger partial charge in [-0.05, 0) is 42.0 Å². The molecule has 0 aliphatic heterocycles. The molecule has 0 fully saturated rings. The van der Waals surface area contributed by atoms with Gasteiger partial charge in [-0.3, -0.25) is 9.59 Å². The molecule has 180 valence electrons. The average molecular weight is 472 g/mol. The highest BCUT2D eigenvalue weighted by Gasteiger charge is 2.23. The predicted octanol–water partition coefficient (Wildman–Crippen LogP) is 5.15. The molecule has 0 spiro atoms. The van der Waals surface area contributed by atoms with E-state index in [1.807, 2.05) is 48.5 Å². The first-order valence-electron chi connectivity index (χ1n) is 11.3. The van der Waals surface area contributed by atoms with Gasteiger partial charge in [0.25, 0.3) is 11.8 Å². The van der Waals surface area contributed by atoms with Crippen molar-refractivity contribution in [3.63, 3.8) is 0 Å². The summed E-state index contributed by atoms with van der Waals surface area (Å²) in [7, 11) is 3.08. The minimum atomic E-state index is -0.312. The van der Waals surface area contributed by atoms with Crippen LogP contribution in [0.1, 0.15) is 40.1 Å². The van der Waals surface area contributed by atoms with E-state index in [0.29, 0.717) is 34.9 Å². The van der Waals surface area contributed by atoms with Gasteiger partial charge in [0.1, 0.15) is 0 Å². The summed E-state index contributed by atoms with van der Waals surface area (Å²) in [6.45, 7) is 4.60. The highest BCUT2D eigenvalue weighted by atomic mass is 16.5. The average Bonchev–Trinajstić information content (AvgIpc) is 3.31. The van der Waals surface area contributed by atoms with Crippen LogP contribution in [0.3, 0.4) is 0 Å². The second kappa shape index (κ2) is 9.93. The molecule has 0 radical (unpaired) electrons. The molecule has 3 aromatic carbocycles. The minimum Gasteiger partial charge on any atom is -0.493 e. The van der Waals surface area contributed by atoms with E-state index < -0.39 is 0 Å². The largest absolute Gasteiger partial charge is 0.493 e. The molecule has 1 heterocycles. The molecule has 3 N–H and O–H groups in total. The number of aromatic nitrogens is 1. The molecular formula is C28H29N3O4. The molecule has 7 heteroatoms. The standard InChI is InChI=1S/C28H29N3O4/c1-28(2,17-30-27(33)22-16-29-23-8-6-5-7-21(22)23)19-10-12-20(13-11-19)31-26(32)18-9-14-24(34-3)25(15-18)35-4/h5-16,29H,17H2,1-4H3,(H,30,33)(H,31,32). The summed E-state index contributed by atoms with van der Waals surface area (Å²) in [6.07, 6.45) is 1.74. The first-order chi connectivity index (χ1) is 16.8. The number of hydrogen-bond acceptors (Lipinski definition) is 4. The van der Waals surface area contributed by atoms with Crippen molar-refractivity contribution in [2.75, 3.05) is 26.1 Å². The number of carbonyl (C=O) groups is 2. The van der Waals surface area contributed by atoms with Crippen molar-refractivity contribution in [3.8, 4) is 11.5 Å². The summed E-state index contributed by atoms with van der Waals surface area (Å²) in [5, 5.41) is 6.86. The SMILES string of the molecule is COc1ccc(C(=O)Nc2ccc(C(C)(C)CNC(=O)c3c[nH]c4ccccc34)cc2)cc1OC. The maximum absolute atomic E-state index is 12.8. The first kappa shape index (κ1) is 23.9. The number of benzene rings is 3. The summed E-state index contributed by atoms with van der Waals surface area (Å²) >= 11 is 0. The maximum Gasteiger partial charge on any atom is 0.255 e. The number of H-pyrrole nitrogens is 1. The zero-order chi connectivity index (χ0) is 25.0. The lowest BCUT2D eigenvalue weighted by molar-refractivity contribution is 0.0946. The molecule has 35 heavy (non-hydrogen) atoms. The van der Waals surface area contributed by atoms with Crippen LogP contribution < -0.4 is 20.1 Å². The van der Waals surface area contributed by atoms with Gasteiger partial charge >= 0.3 is 0 Å². The number of methoxy groups -OCH3 is 2. The zero-order valence-corrected chi connectivity index (χ0v) is 20.3. The van der Waals surface area contributed by atoms with Gasteiger partial charge in [0.05, 0.1) is 19.8 Å². The molecule has 0 saturated carbocycles. The Labute approximate surface area is 204 Å². The maximum atomic E-state index is 12.8. The van der Waals surface area contributed by atoms with Gasteiger partial charge in [-0.25, -0.2) is 0 Å². The lowest BCUT2D eigenvalue weighted by Crippen LogP contribution is -2.36. The Morgan fingerprint density at radius 1 is 0.886 bits per heavy atom. The fourth-order valence-electron chi connectivity index (χ4n) is 3.94. The van der Waals surface area contributed by atoms with Gasteiger partial charge in [0.2, 0.25) is 0 Å². The number of para-hydroxylation sites is 1. The number of aromatic amines is 1. The third kappa shape index (κ3) is 5.14. The van der Waals surface area contributed by atoms with E-state index in [0.717, 1.165) is 16.5 Å². The topological polar surface area (TPSA) is 92.5 Å². The van der Waals surface area contributed by atoms with Crippen molar-refractivity contribution in [3.05, 3.63) is 89.6 Å². The molecule has 4 aromatic rings. The van der Waals surface area contributed by atoms with E-state index >= 15 is 0 Å². The fourth-order valence-corrected chi connectivity index (χ4v) is 3.94. The van der Waals surface area contributed by atoms with Crippen LogP contribution in [0.15, 0.2) is 72.9 Å². The molecule has 0 bridgehead atoms. The summed E-state index contributed by atoms with van der Waals surface area (Å²) < 4.78 is 10.5. The Hall–Kier alpha value is -4.26. The van der Waals surface area contributed by atoms with E-state index in [4.69, 9.17) is 9.47 Å². The van der Waals surface area contributed by atoms with Crippen LogP contribution in [-0.4, -0.2) is 37.6 Å². The van der Waals surface area contributed by atoms with E-state index in [2.05, 4.69) is 29.5 Å². The molecule has 2 amide bonds. The minimum absolute atomic E-state index is 0.116. The van der Waals surface area contributed by atoms with Gasteiger partial charge < -0.3 is 25.1 Å². The number of rotatable bonds is 8. The van der Waals surface area contributed by atoms with Crippen LogP contribution in [0.25, 0.3) is 10.9 Å². The second-order valence-corrected chi connectivity index (χ2v) is 8.92. The smallest absolute Gasteiger partial charge is 0.255 e. The van der Waals surface area contributed by atoms with Gasteiger partial charge in [-0.1, -0.05) is 44.2 Å². The number of hydrogen-bond donors (Lipinski definition) is 3. The lowest BCUT2D eigenvalue weighted by Gasteiger charge is -2.26. The van der Waals surface area contributed by atoms with Gasteiger partial charge in [-0.15, -0.1) is 0 Å². The summed E-state index contributed by atoms with van der Waals surface area (Å²) in [6, 6.07) is 20.4. The van der Waals surface area contributed by atoms with Crippen molar-refractivity contribution in [2.24, 2.45) is 0 Å². The highest BCUT2D eigenvalue weighted by Crippen LogP contribution is 2.28. The molecule has 0 unspecified atom stereocenters. The number of anilines is 1. The van der Waals surface area contributed by atoms with Crippen LogP contribution >= 0.6 is 0 Å². The molecule has 0 atom stereocenters. The Bertz CT molecular complexity index is 1360. The molecule has 0 aliphatic carbocycles. The van der Waals surface area contributed by atoms with Crippen molar-refractivity contribution in [2.45, 2.75) is 19.3 Å². The Balaban J connectivity index is 1.40. The van der Waals surface area contributed by atoms with E-state index in [9.17, 15) is 9.59 Å². The molecule has 7 nitrogen and oxygen atoms in total. The fraction of sp³-hybridized carbons (Fsp3) is 0.214. The van der Waals surface area contributed by atoms with Crippen molar-refractivity contribution < 1.29 is 19.1 Å². The Kier molecular flexibility index (Phi) is 6.78. The summed E-state index contributed by atoms with van der Waals surface area (Å²) in [4.78, 5) is 28.6. The van der Waals surface area contributed by atoms with Crippen molar-refractivity contribution in [1.29, 1.82) is 0 Å². The molecule has 1 aromatic heterocycles. The molecular weight excluding hydrogens is 442 g/mol. The third-order valence-electron chi connectivity index (χ3n) is 6.09. The third-order valence-corrected chi connectivity index (χ3v) is 6.09. The molecule has 4 rings (SSSR count). The van der Waals surface area contributed by atoms with Gasteiger partial charge in [0.15, 0.2) is 11.5 Å². The van der Waals surface area contributed by atoms with Crippen LogP contribution in [0, 0.1) is 0 Å². The highest BCUT2D eigenvalue weighted by molar-refractivity contribution is 6.06. The quantitative estimate of drug-likeness (QED) is 0.332. The lowest BCUT2D eigenvalue weighted by atomic mass is 9.84. The number of amides is 2. The van der Waals surface area contributed by atoms with Crippen LogP contribution in [0.2, 0.25) is 0 Å². The zero-order valence-electron chi connectivity index (χ0n) is 20.3. The Morgan fingerprint density at radius 2 is 1.60 bits per heavy atom. The van der Waals surface area contributed by atoms with Crippen LogP contribution in [0.4, 0.5) is 5.69 Å². The molecule has 0 saturated heterocycles. The Morgan fingerprint density at radius 3 is 2.31 bits per heavy atom. The number of fused-ring (bicyclic) bond motifs is 1. The van der Waals surface area contributed by atoms with Gasteiger partial charge in [0, 0.05) is 40.3 Å². The summed E-state index contributed by atoms with van der Waals surface area (Å²) in [5.74, 6) is 0.692. The summed E-state index contributed by atoms with van der Waals surface area (Å²) in [5.41, 5.74) is 3.43. The van der Waals surface area contributed by atoms with Gasteiger partial charge in [-0.2, -0.15) is 0 Å². The number of carbonyl (C=O) groups excluding carboxylic acids is 2. The van der Waals surface area contributed by atoms with Crippen molar-refractivity contribution >= 4 is 28.4 Å². The number of ether oxygens (including phenoxy) is 2. The van der Waals surface area contributed by atoms with E-state index in [1.165, 1.54) is 7.11 Å². The van der Waals surface area contributed by atoms with E-state index in [-0.39, 0.29) is 17.2 Å². The van der Waals surface area contributed by atoms with Crippen LogP contribution in [-0.2, 0) is 5.41 Å². The predicted molar refractivity (Wildman–Crippen MR) is 138 cm³/mol. The molecule has 0 aliphatic rings. The normalized spacial score (nSPS) is 11.2. The van der Waals surface area contributed by atoms with E-state index in [1.54, 1.807) is 31.5 Å². The first-order valence-corrected chi connectivity index (χ1v) is 11.3. The number of nitrogens with one attached hydrogen (secondary N) is 3. The monoisotopic (exact) mass is 471 g/mol.